The van der Waals surface area contributed by atoms with E-state index in [4.69, 9.17) is 0 Å². The number of alkyl halides is 3. The van der Waals surface area contributed by atoms with Gasteiger partial charge in [0.25, 0.3) is 0 Å². The molecule has 0 amide bonds. The fourth-order valence-corrected chi connectivity index (χ4v) is 1.54. The van der Waals surface area contributed by atoms with E-state index >= 15 is 0 Å². The second kappa shape index (κ2) is 4.14. The number of hydrogen-bond donors (Lipinski definition) is 0. The van der Waals surface area contributed by atoms with Crippen molar-refractivity contribution >= 4 is 47.8 Å². The van der Waals surface area contributed by atoms with E-state index in [-0.39, 0.29) is 3.23 Å². The number of rotatable bonds is 2. The summed E-state index contributed by atoms with van der Waals surface area (Å²) in [4.78, 5) is 0. The summed E-state index contributed by atoms with van der Waals surface area (Å²) in [5.74, 6) is 0. The molecule has 0 fully saturated rings. The van der Waals surface area contributed by atoms with Gasteiger partial charge in [-0.1, -0.05) is 59.4 Å². The van der Waals surface area contributed by atoms with Crippen molar-refractivity contribution in [2.75, 3.05) is 5.33 Å². The summed E-state index contributed by atoms with van der Waals surface area (Å²) in [5.41, 5.74) is 1.29. The lowest BCUT2D eigenvalue weighted by atomic mass is 10.3. The third kappa shape index (κ3) is 5.62. The highest BCUT2D eigenvalue weighted by Gasteiger charge is 2.16. The van der Waals surface area contributed by atoms with Gasteiger partial charge < -0.3 is 0 Å². The zero-order valence-electron chi connectivity index (χ0n) is 5.42. The van der Waals surface area contributed by atoms with Crippen molar-refractivity contribution in [3.8, 4) is 0 Å². The molecule has 9 heavy (non-hydrogen) atoms. The fraction of sp³-hybridized carbons (Fsp3) is 0.667. The van der Waals surface area contributed by atoms with Crippen LogP contribution in [0.3, 0.4) is 0 Å². The lowest BCUT2D eigenvalue weighted by Crippen LogP contribution is -2.08. The van der Waals surface area contributed by atoms with E-state index in [1.807, 2.05) is 0 Å². The first-order valence-corrected chi connectivity index (χ1v) is 5.28. The van der Waals surface area contributed by atoms with E-state index in [2.05, 4.69) is 67.7 Å². The molecule has 0 saturated carbocycles. The first kappa shape index (κ1) is 10.2. The average Bonchev–Trinajstić information content (AvgIpc) is 1.63. The third-order valence-electron chi connectivity index (χ3n) is 0.678. The molecule has 0 bridgehead atoms. The molecular formula is C6H9Br3. The van der Waals surface area contributed by atoms with Gasteiger partial charge in [-0.05, 0) is 13.8 Å². The summed E-state index contributed by atoms with van der Waals surface area (Å²) in [6.45, 7) is 4.14. The van der Waals surface area contributed by atoms with Crippen LogP contribution in [-0.4, -0.2) is 8.56 Å². The maximum atomic E-state index is 3.47. The molecule has 0 radical (unpaired) electrons. The molecule has 0 N–H and O–H groups in total. The highest BCUT2D eigenvalue weighted by atomic mass is 79.9. The van der Waals surface area contributed by atoms with Gasteiger partial charge in [0.15, 0.2) is 0 Å². The highest BCUT2D eigenvalue weighted by Crippen LogP contribution is 2.30. The Morgan fingerprint density at radius 1 is 1.44 bits per heavy atom. The van der Waals surface area contributed by atoms with Gasteiger partial charge in [-0.25, -0.2) is 0 Å². The maximum Gasteiger partial charge on any atom is 0.108 e. The summed E-state index contributed by atoms with van der Waals surface area (Å²) >= 11 is 10.3. The van der Waals surface area contributed by atoms with E-state index in [1.165, 1.54) is 5.57 Å². The molecule has 3 heteroatoms. The van der Waals surface area contributed by atoms with Crippen molar-refractivity contribution in [2.24, 2.45) is 0 Å². The number of allylic oxidation sites excluding steroid dienone is 2. The molecule has 0 saturated heterocycles. The van der Waals surface area contributed by atoms with Crippen molar-refractivity contribution in [3.63, 3.8) is 0 Å². The van der Waals surface area contributed by atoms with E-state index in [0.29, 0.717) is 0 Å². The Balaban J connectivity index is 4.01. The molecule has 0 aliphatic heterocycles. The first-order valence-electron chi connectivity index (χ1n) is 2.58. The van der Waals surface area contributed by atoms with Crippen LogP contribution >= 0.6 is 47.8 Å². The predicted octanol–water partition coefficient (Wildman–Crippen LogP) is 3.83. The van der Waals surface area contributed by atoms with Crippen molar-refractivity contribution in [1.29, 1.82) is 0 Å². The quantitative estimate of drug-likeness (QED) is 0.536. The van der Waals surface area contributed by atoms with Crippen LogP contribution in [0.25, 0.3) is 0 Å². The Bertz CT molecular complexity index is 111. The number of hydrogen-bond acceptors (Lipinski definition) is 0. The third-order valence-corrected chi connectivity index (χ3v) is 4.09. The second-order valence-electron chi connectivity index (χ2n) is 2.12. The summed E-state index contributed by atoms with van der Waals surface area (Å²) in [5, 5.41) is 0.866. The SMILES string of the molecule is CC(C)=CC(Br)(Br)CBr. The van der Waals surface area contributed by atoms with Crippen LogP contribution in [0.5, 0.6) is 0 Å². The Morgan fingerprint density at radius 2 is 1.89 bits per heavy atom. The van der Waals surface area contributed by atoms with Crippen LogP contribution in [0.2, 0.25) is 0 Å². The molecule has 0 aliphatic rings. The van der Waals surface area contributed by atoms with Crippen LogP contribution in [0.4, 0.5) is 0 Å². The van der Waals surface area contributed by atoms with E-state index < -0.39 is 0 Å². The Labute approximate surface area is 81.5 Å². The summed E-state index contributed by atoms with van der Waals surface area (Å²) in [7, 11) is 0. The molecule has 0 rings (SSSR count). The second-order valence-corrected chi connectivity index (χ2v) is 6.57. The van der Waals surface area contributed by atoms with E-state index in [0.717, 1.165) is 5.33 Å². The lowest BCUT2D eigenvalue weighted by Gasteiger charge is -2.11. The molecule has 0 aliphatic carbocycles. The zero-order valence-corrected chi connectivity index (χ0v) is 10.2. The minimum atomic E-state index is -0.0567. The van der Waals surface area contributed by atoms with Crippen molar-refractivity contribution < 1.29 is 0 Å². The van der Waals surface area contributed by atoms with Gasteiger partial charge in [0.2, 0.25) is 0 Å². The average molecular weight is 321 g/mol. The van der Waals surface area contributed by atoms with Crippen LogP contribution in [0.1, 0.15) is 13.8 Å². The van der Waals surface area contributed by atoms with Gasteiger partial charge in [0.1, 0.15) is 3.23 Å². The largest absolute Gasteiger partial charge is 0.108 e. The fourth-order valence-electron chi connectivity index (χ4n) is 0.461. The van der Waals surface area contributed by atoms with Gasteiger partial charge in [0.05, 0.1) is 0 Å². The zero-order chi connectivity index (χ0) is 7.49. The molecule has 0 atom stereocenters. The Hall–Kier alpha value is 1.18. The number of halogens is 3. The van der Waals surface area contributed by atoms with Gasteiger partial charge in [-0.3, -0.25) is 0 Å². The molecule has 0 aromatic heterocycles. The van der Waals surface area contributed by atoms with Crippen LogP contribution < -0.4 is 0 Å². The van der Waals surface area contributed by atoms with Crippen molar-refractivity contribution in [1.82, 2.24) is 0 Å². The van der Waals surface area contributed by atoms with Gasteiger partial charge >= 0.3 is 0 Å². The van der Waals surface area contributed by atoms with Gasteiger partial charge in [-0.2, -0.15) is 0 Å². The first-order chi connectivity index (χ1) is 3.98. The lowest BCUT2D eigenvalue weighted by molar-refractivity contribution is 1.19. The molecule has 0 aromatic rings. The minimum Gasteiger partial charge on any atom is -0.0900 e. The smallest absolute Gasteiger partial charge is 0.0900 e. The Morgan fingerprint density at radius 3 is 2.00 bits per heavy atom. The molecule has 0 spiro atoms. The monoisotopic (exact) mass is 318 g/mol. The molecule has 0 aromatic carbocycles. The molecule has 0 nitrogen and oxygen atoms in total. The van der Waals surface area contributed by atoms with E-state index in [1.54, 1.807) is 0 Å². The molecular weight excluding hydrogens is 312 g/mol. The maximum absolute atomic E-state index is 3.47. The molecule has 0 heterocycles. The molecule has 0 unspecified atom stereocenters. The summed E-state index contributed by atoms with van der Waals surface area (Å²) in [6, 6.07) is 0. The standard InChI is InChI=1S/C6H9Br3/c1-5(2)3-6(8,9)4-7/h3H,4H2,1-2H3. The van der Waals surface area contributed by atoms with Crippen LogP contribution in [0, 0.1) is 0 Å². The minimum absolute atomic E-state index is 0.0567. The highest BCUT2D eigenvalue weighted by molar-refractivity contribution is 9.26. The van der Waals surface area contributed by atoms with Crippen molar-refractivity contribution in [2.45, 2.75) is 17.1 Å². The topological polar surface area (TPSA) is 0 Å². The summed E-state index contributed by atoms with van der Waals surface area (Å²) in [6.07, 6.45) is 2.11. The molecule has 54 valence electrons. The Kier molecular flexibility index (Phi) is 4.68. The normalized spacial score (nSPS) is 11.2. The van der Waals surface area contributed by atoms with Crippen LogP contribution in [-0.2, 0) is 0 Å². The summed E-state index contributed by atoms with van der Waals surface area (Å²) < 4.78 is -0.0567. The van der Waals surface area contributed by atoms with E-state index in [9.17, 15) is 0 Å². The van der Waals surface area contributed by atoms with Gasteiger partial charge in [0, 0.05) is 5.33 Å². The predicted molar refractivity (Wildman–Crippen MR) is 53.8 cm³/mol. The van der Waals surface area contributed by atoms with Gasteiger partial charge in [-0.15, -0.1) is 0 Å². The van der Waals surface area contributed by atoms with Crippen LogP contribution in [0.15, 0.2) is 11.6 Å². The van der Waals surface area contributed by atoms with Crippen molar-refractivity contribution in [3.05, 3.63) is 11.6 Å².